The molecule has 1 fully saturated rings. The zero-order valence-corrected chi connectivity index (χ0v) is 14.6. The van der Waals surface area contributed by atoms with Crippen molar-refractivity contribution < 1.29 is 9.53 Å². The maximum absolute atomic E-state index is 12.4. The van der Waals surface area contributed by atoms with Gasteiger partial charge in [0.1, 0.15) is 5.75 Å². The number of likely N-dealkylation sites (tertiary alicyclic amines) is 1. The van der Waals surface area contributed by atoms with E-state index in [4.69, 9.17) is 4.74 Å². The Balaban J connectivity index is 1.90. The van der Waals surface area contributed by atoms with Crippen LogP contribution in [0.25, 0.3) is 0 Å². The lowest BCUT2D eigenvalue weighted by atomic mass is 9.91. The van der Waals surface area contributed by atoms with Crippen LogP contribution in [-0.2, 0) is 11.2 Å². The minimum atomic E-state index is 0.278. The molecular formula is C17H24BrNO2. The van der Waals surface area contributed by atoms with Crippen LogP contribution in [0, 0.1) is 11.8 Å². The van der Waals surface area contributed by atoms with Crippen LogP contribution < -0.4 is 4.74 Å². The summed E-state index contributed by atoms with van der Waals surface area (Å²) in [4.78, 5) is 14.4. The minimum absolute atomic E-state index is 0.278. The van der Waals surface area contributed by atoms with Crippen LogP contribution in [0.4, 0.5) is 0 Å². The third-order valence-corrected chi connectivity index (χ3v) is 4.69. The molecule has 1 saturated heterocycles. The minimum Gasteiger partial charge on any atom is -0.496 e. The first kappa shape index (κ1) is 16.3. The first-order valence-electron chi connectivity index (χ1n) is 7.59. The number of hydrogen-bond donors (Lipinski definition) is 0. The molecule has 1 heterocycles. The Morgan fingerprint density at radius 3 is 2.57 bits per heavy atom. The van der Waals surface area contributed by atoms with Crippen LogP contribution >= 0.6 is 15.9 Å². The Hall–Kier alpha value is -1.03. The maximum atomic E-state index is 12.4. The van der Waals surface area contributed by atoms with E-state index in [1.54, 1.807) is 7.11 Å². The van der Waals surface area contributed by atoms with Crippen molar-refractivity contribution >= 4 is 21.8 Å². The molecule has 2 atom stereocenters. The number of halogens is 1. The number of carbonyl (C=O) groups is 1. The molecule has 1 aromatic carbocycles. The molecule has 0 radical (unpaired) electrons. The van der Waals surface area contributed by atoms with E-state index in [0.29, 0.717) is 18.3 Å². The Kier molecular flexibility index (Phi) is 5.68. The molecule has 1 aromatic rings. The van der Waals surface area contributed by atoms with Gasteiger partial charge in [-0.3, -0.25) is 4.79 Å². The summed E-state index contributed by atoms with van der Waals surface area (Å²) in [5.41, 5.74) is 1.16. The number of ether oxygens (including phenoxy) is 1. The van der Waals surface area contributed by atoms with Gasteiger partial charge in [-0.2, -0.15) is 0 Å². The van der Waals surface area contributed by atoms with Crippen molar-refractivity contribution in [3.63, 3.8) is 0 Å². The molecule has 1 amide bonds. The highest BCUT2D eigenvalue weighted by Gasteiger charge is 2.24. The van der Waals surface area contributed by atoms with E-state index in [1.807, 2.05) is 23.1 Å². The predicted octanol–water partition coefficient (Wildman–Crippen LogP) is 3.89. The summed E-state index contributed by atoms with van der Waals surface area (Å²) in [7, 11) is 1.65. The molecule has 0 bridgehead atoms. The smallest absolute Gasteiger partial charge is 0.222 e. The number of hydrogen-bond acceptors (Lipinski definition) is 2. The number of amides is 1. The number of carbonyl (C=O) groups excluding carboxylic acids is 1. The van der Waals surface area contributed by atoms with Gasteiger partial charge in [0.2, 0.25) is 5.91 Å². The summed E-state index contributed by atoms with van der Waals surface area (Å²) in [6.45, 7) is 6.29. The van der Waals surface area contributed by atoms with Crippen molar-refractivity contribution in [2.24, 2.45) is 11.8 Å². The summed E-state index contributed by atoms with van der Waals surface area (Å²) >= 11 is 3.49. The van der Waals surface area contributed by atoms with E-state index in [9.17, 15) is 4.79 Å². The number of aryl methyl sites for hydroxylation is 1. The number of methoxy groups -OCH3 is 1. The van der Waals surface area contributed by atoms with Crippen molar-refractivity contribution in [3.8, 4) is 5.75 Å². The highest BCUT2D eigenvalue weighted by molar-refractivity contribution is 9.10. The normalized spacial score (nSPS) is 22.2. The molecule has 116 valence electrons. The van der Waals surface area contributed by atoms with Crippen molar-refractivity contribution in [3.05, 3.63) is 28.2 Å². The number of rotatable bonds is 4. The standard InChI is InChI=1S/C17H24BrNO2/c1-12-8-13(2)11-19(10-12)17(20)7-5-14-4-6-16(21-3)15(18)9-14/h4,6,9,12-13H,5,7-8,10-11H2,1-3H3. The maximum Gasteiger partial charge on any atom is 0.222 e. The summed E-state index contributed by atoms with van der Waals surface area (Å²) < 4.78 is 6.16. The molecule has 1 aliphatic rings. The average Bonchev–Trinajstić information content (AvgIpc) is 2.43. The van der Waals surface area contributed by atoms with E-state index >= 15 is 0 Å². The number of piperidine rings is 1. The lowest BCUT2D eigenvalue weighted by molar-refractivity contribution is -0.133. The Labute approximate surface area is 135 Å². The molecule has 0 aromatic heterocycles. The van der Waals surface area contributed by atoms with Crippen LogP contribution in [0.3, 0.4) is 0 Å². The van der Waals surface area contributed by atoms with Crippen molar-refractivity contribution in [2.45, 2.75) is 33.1 Å². The van der Waals surface area contributed by atoms with Gasteiger partial charge in [0, 0.05) is 19.5 Å². The molecule has 21 heavy (non-hydrogen) atoms. The SMILES string of the molecule is COc1ccc(CCC(=O)N2CC(C)CC(C)C2)cc1Br. The van der Waals surface area contributed by atoms with Crippen LogP contribution in [0.2, 0.25) is 0 Å². The molecule has 3 nitrogen and oxygen atoms in total. The van der Waals surface area contributed by atoms with Gasteiger partial charge in [-0.15, -0.1) is 0 Å². The van der Waals surface area contributed by atoms with Crippen molar-refractivity contribution in [1.82, 2.24) is 4.90 Å². The Bertz CT molecular complexity index is 494. The van der Waals surface area contributed by atoms with E-state index in [2.05, 4.69) is 29.8 Å². The third kappa shape index (κ3) is 4.47. The van der Waals surface area contributed by atoms with Gasteiger partial charge in [0.25, 0.3) is 0 Å². The largest absolute Gasteiger partial charge is 0.496 e. The fraction of sp³-hybridized carbons (Fsp3) is 0.588. The van der Waals surface area contributed by atoms with E-state index < -0.39 is 0 Å². The van der Waals surface area contributed by atoms with Crippen molar-refractivity contribution in [1.29, 1.82) is 0 Å². The second-order valence-electron chi connectivity index (χ2n) is 6.21. The summed E-state index contributed by atoms with van der Waals surface area (Å²) in [5.74, 6) is 2.34. The van der Waals surface area contributed by atoms with Gasteiger partial charge >= 0.3 is 0 Å². The van der Waals surface area contributed by atoms with Crippen LogP contribution in [0.15, 0.2) is 22.7 Å². The Morgan fingerprint density at radius 2 is 2.00 bits per heavy atom. The number of nitrogens with zero attached hydrogens (tertiary/aromatic N) is 1. The highest BCUT2D eigenvalue weighted by atomic mass is 79.9. The molecule has 2 unspecified atom stereocenters. The Morgan fingerprint density at radius 1 is 1.33 bits per heavy atom. The van der Waals surface area contributed by atoms with Gasteiger partial charge < -0.3 is 9.64 Å². The average molecular weight is 354 g/mol. The molecule has 2 rings (SSSR count). The van der Waals surface area contributed by atoms with E-state index in [1.165, 1.54) is 6.42 Å². The zero-order chi connectivity index (χ0) is 15.4. The monoisotopic (exact) mass is 353 g/mol. The fourth-order valence-electron chi connectivity index (χ4n) is 3.14. The van der Waals surface area contributed by atoms with Gasteiger partial charge in [-0.25, -0.2) is 0 Å². The quantitative estimate of drug-likeness (QED) is 0.821. The molecule has 0 spiro atoms. The van der Waals surface area contributed by atoms with E-state index in [-0.39, 0.29) is 5.91 Å². The molecule has 4 heteroatoms. The van der Waals surface area contributed by atoms with Gasteiger partial charge in [-0.1, -0.05) is 19.9 Å². The number of benzene rings is 1. The second-order valence-corrected chi connectivity index (χ2v) is 7.07. The van der Waals surface area contributed by atoms with Crippen molar-refractivity contribution in [2.75, 3.05) is 20.2 Å². The van der Waals surface area contributed by atoms with Crippen LogP contribution in [0.1, 0.15) is 32.3 Å². The lowest BCUT2D eigenvalue weighted by Gasteiger charge is -2.35. The predicted molar refractivity (Wildman–Crippen MR) is 88.5 cm³/mol. The molecule has 0 aliphatic carbocycles. The molecule has 1 aliphatic heterocycles. The molecule has 0 N–H and O–H groups in total. The summed E-state index contributed by atoms with van der Waals surface area (Å²) in [6.07, 6.45) is 2.59. The van der Waals surface area contributed by atoms with Crippen LogP contribution in [-0.4, -0.2) is 31.0 Å². The highest BCUT2D eigenvalue weighted by Crippen LogP contribution is 2.26. The topological polar surface area (TPSA) is 29.5 Å². The van der Waals surface area contributed by atoms with Gasteiger partial charge in [-0.05, 0) is 58.3 Å². The summed E-state index contributed by atoms with van der Waals surface area (Å²) in [6, 6.07) is 6.00. The lowest BCUT2D eigenvalue weighted by Crippen LogP contribution is -2.42. The first-order chi connectivity index (χ1) is 9.99. The first-order valence-corrected chi connectivity index (χ1v) is 8.39. The van der Waals surface area contributed by atoms with E-state index in [0.717, 1.165) is 35.3 Å². The molecular weight excluding hydrogens is 330 g/mol. The zero-order valence-electron chi connectivity index (χ0n) is 13.1. The molecule has 0 saturated carbocycles. The second kappa shape index (κ2) is 7.30. The van der Waals surface area contributed by atoms with Gasteiger partial charge in [0.05, 0.1) is 11.6 Å². The van der Waals surface area contributed by atoms with Crippen LogP contribution in [0.5, 0.6) is 5.75 Å². The summed E-state index contributed by atoms with van der Waals surface area (Å²) in [5, 5.41) is 0. The third-order valence-electron chi connectivity index (χ3n) is 4.07. The van der Waals surface area contributed by atoms with Gasteiger partial charge in [0.15, 0.2) is 0 Å². The fourth-order valence-corrected chi connectivity index (χ4v) is 3.73.